The minimum atomic E-state index is -0.0696. The number of para-hydroxylation sites is 2. The van der Waals surface area contributed by atoms with Gasteiger partial charge in [0.2, 0.25) is 5.91 Å². The summed E-state index contributed by atoms with van der Waals surface area (Å²) in [6, 6.07) is 7.78. The molecule has 0 saturated heterocycles. The Morgan fingerprint density at radius 1 is 1.38 bits per heavy atom. The number of benzene rings is 1. The van der Waals surface area contributed by atoms with E-state index in [1.54, 1.807) is 7.11 Å². The van der Waals surface area contributed by atoms with Gasteiger partial charge in [-0.05, 0) is 25.0 Å². The zero-order valence-corrected chi connectivity index (χ0v) is 12.5. The lowest BCUT2D eigenvalue weighted by Gasteiger charge is -2.27. The lowest BCUT2D eigenvalue weighted by Crippen LogP contribution is -2.41. The van der Waals surface area contributed by atoms with Crippen molar-refractivity contribution in [3.8, 4) is 5.75 Å². The summed E-state index contributed by atoms with van der Waals surface area (Å²) in [4.78, 5) is 14.3. The molecule has 1 aromatic carbocycles. The van der Waals surface area contributed by atoms with Crippen LogP contribution >= 0.6 is 0 Å². The number of nitrogens with one attached hydrogen (secondary N) is 1. The molecule has 21 heavy (non-hydrogen) atoms. The predicted molar refractivity (Wildman–Crippen MR) is 82.5 cm³/mol. The SMILES string of the molecule is COc1ccccc1NC(=O)CN(CCO)C1CCCC1. The van der Waals surface area contributed by atoms with E-state index >= 15 is 0 Å². The second kappa shape index (κ2) is 8.00. The normalized spacial score (nSPS) is 15.4. The van der Waals surface area contributed by atoms with E-state index in [0.717, 1.165) is 12.8 Å². The molecule has 1 aromatic rings. The van der Waals surface area contributed by atoms with Crippen LogP contribution in [0.3, 0.4) is 0 Å². The van der Waals surface area contributed by atoms with E-state index in [-0.39, 0.29) is 12.5 Å². The number of hydrogen-bond acceptors (Lipinski definition) is 4. The van der Waals surface area contributed by atoms with Crippen LogP contribution in [0.15, 0.2) is 24.3 Å². The molecule has 1 amide bonds. The second-order valence-corrected chi connectivity index (χ2v) is 5.38. The molecule has 116 valence electrons. The van der Waals surface area contributed by atoms with Crippen LogP contribution in [0.2, 0.25) is 0 Å². The minimum absolute atomic E-state index is 0.0696. The fourth-order valence-electron chi connectivity index (χ4n) is 2.91. The molecular weight excluding hydrogens is 268 g/mol. The summed E-state index contributed by atoms with van der Waals surface area (Å²) < 4.78 is 5.23. The smallest absolute Gasteiger partial charge is 0.238 e. The first kappa shape index (κ1) is 15.8. The average Bonchev–Trinajstić information content (AvgIpc) is 3.01. The van der Waals surface area contributed by atoms with Crippen LogP contribution in [0, 0.1) is 0 Å². The molecule has 0 aromatic heterocycles. The van der Waals surface area contributed by atoms with Gasteiger partial charge < -0.3 is 15.2 Å². The minimum Gasteiger partial charge on any atom is -0.495 e. The lowest BCUT2D eigenvalue weighted by molar-refractivity contribution is -0.118. The number of aliphatic hydroxyl groups is 1. The first-order valence-electron chi connectivity index (χ1n) is 7.52. The molecule has 0 atom stereocenters. The van der Waals surface area contributed by atoms with Gasteiger partial charge in [-0.25, -0.2) is 0 Å². The molecule has 0 aliphatic heterocycles. The van der Waals surface area contributed by atoms with Gasteiger partial charge in [-0.3, -0.25) is 9.69 Å². The number of anilines is 1. The Morgan fingerprint density at radius 2 is 2.10 bits per heavy atom. The van der Waals surface area contributed by atoms with Crippen LogP contribution in [-0.2, 0) is 4.79 Å². The van der Waals surface area contributed by atoms with Crippen molar-refractivity contribution in [2.24, 2.45) is 0 Å². The van der Waals surface area contributed by atoms with Crippen molar-refractivity contribution < 1.29 is 14.6 Å². The van der Waals surface area contributed by atoms with Crippen molar-refractivity contribution >= 4 is 11.6 Å². The van der Waals surface area contributed by atoms with Crippen molar-refractivity contribution in [1.82, 2.24) is 4.90 Å². The van der Waals surface area contributed by atoms with Gasteiger partial charge in [0, 0.05) is 12.6 Å². The molecule has 5 heteroatoms. The Bertz CT molecular complexity index is 459. The molecule has 0 bridgehead atoms. The van der Waals surface area contributed by atoms with E-state index in [9.17, 15) is 9.90 Å². The molecule has 1 aliphatic carbocycles. The maximum atomic E-state index is 12.2. The van der Waals surface area contributed by atoms with E-state index in [2.05, 4.69) is 10.2 Å². The van der Waals surface area contributed by atoms with Gasteiger partial charge in [-0.15, -0.1) is 0 Å². The summed E-state index contributed by atoms with van der Waals surface area (Å²) in [6.07, 6.45) is 4.64. The molecule has 5 nitrogen and oxygen atoms in total. The molecule has 0 unspecified atom stereocenters. The highest BCUT2D eigenvalue weighted by molar-refractivity contribution is 5.93. The Morgan fingerprint density at radius 3 is 2.76 bits per heavy atom. The maximum Gasteiger partial charge on any atom is 0.238 e. The van der Waals surface area contributed by atoms with Crippen molar-refractivity contribution in [1.29, 1.82) is 0 Å². The molecule has 2 rings (SSSR count). The van der Waals surface area contributed by atoms with Gasteiger partial charge in [0.1, 0.15) is 5.75 Å². The summed E-state index contributed by atoms with van der Waals surface area (Å²) in [5, 5.41) is 12.1. The van der Waals surface area contributed by atoms with Crippen LogP contribution in [-0.4, -0.2) is 48.8 Å². The van der Waals surface area contributed by atoms with Crippen LogP contribution in [0.4, 0.5) is 5.69 Å². The molecule has 2 N–H and O–H groups in total. The van der Waals surface area contributed by atoms with Gasteiger partial charge >= 0.3 is 0 Å². The Balaban J connectivity index is 1.95. The highest BCUT2D eigenvalue weighted by Crippen LogP contribution is 2.25. The molecule has 0 heterocycles. The van der Waals surface area contributed by atoms with Crippen LogP contribution in [0.5, 0.6) is 5.75 Å². The fraction of sp³-hybridized carbons (Fsp3) is 0.562. The third kappa shape index (κ3) is 4.44. The van der Waals surface area contributed by atoms with Gasteiger partial charge in [-0.1, -0.05) is 25.0 Å². The number of methoxy groups -OCH3 is 1. The average molecular weight is 292 g/mol. The molecule has 1 aliphatic rings. The quantitative estimate of drug-likeness (QED) is 0.805. The van der Waals surface area contributed by atoms with Crippen molar-refractivity contribution in [2.45, 2.75) is 31.7 Å². The molecule has 1 saturated carbocycles. The highest BCUT2D eigenvalue weighted by Gasteiger charge is 2.24. The molecule has 0 radical (unpaired) electrons. The predicted octanol–water partition coefficient (Wildman–Crippen LogP) is 1.87. The van der Waals surface area contributed by atoms with E-state index in [1.807, 2.05) is 24.3 Å². The van der Waals surface area contributed by atoms with Crippen LogP contribution in [0.25, 0.3) is 0 Å². The number of amides is 1. The second-order valence-electron chi connectivity index (χ2n) is 5.38. The van der Waals surface area contributed by atoms with Gasteiger partial charge in [0.25, 0.3) is 0 Å². The highest BCUT2D eigenvalue weighted by atomic mass is 16.5. The van der Waals surface area contributed by atoms with Crippen LogP contribution in [0.1, 0.15) is 25.7 Å². The number of hydrogen-bond donors (Lipinski definition) is 2. The first-order valence-corrected chi connectivity index (χ1v) is 7.52. The fourth-order valence-corrected chi connectivity index (χ4v) is 2.91. The Hall–Kier alpha value is -1.59. The summed E-state index contributed by atoms with van der Waals surface area (Å²) >= 11 is 0. The third-order valence-corrected chi connectivity index (χ3v) is 3.96. The van der Waals surface area contributed by atoms with Gasteiger partial charge in [0.05, 0.1) is 25.9 Å². The number of aliphatic hydroxyl groups excluding tert-OH is 1. The Labute approximate surface area is 125 Å². The molecule has 1 fully saturated rings. The first-order chi connectivity index (χ1) is 10.2. The van der Waals surface area contributed by atoms with E-state index in [1.165, 1.54) is 12.8 Å². The number of ether oxygens (including phenoxy) is 1. The summed E-state index contributed by atoms with van der Waals surface area (Å²) in [5.74, 6) is 0.584. The largest absolute Gasteiger partial charge is 0.495 e. The van der Waals surface area contributed by atoms with Gasteiger partial charge in [-0.2, -0.15) is 0 Å². The number of carbonyl (C=O) groups is 1. The van der Waals surface area contributed by atoms with Crippen LogP contribution < -0.4 is 10.1 Å². The summed E-state index contributed by atoms with van der Waals surface area (Å²) in [7, 11) is 1.58. The zero-order valence-electron chi connectivity index (χ0n) is 12.5. The number of carbonyl (C=O) groups excluding carboxylic acids is 1. The van der Waals surface area contributed by atoms with E-state index in [4.69, 9.17) is 4.74 Å². The van der Waals surface area contributed by atoms with Crippen molar-refractivity contribution in [3.05, 3.63) is 24.3 Å². The van der Waals surface area contributed by atoms with E-state index in [0.29, 0.717) is 30.6 Å². The molecule has 0 spiro atoms. The van der Waals surface area contributed by atoms with Crippen molar-refractivity contribution in [3.63, 3.8) is 0 Å². The zero-order chi connectivity index (χ0) is 15.1. The van der Waals surface area contributed by atoms with Gasteiger partial charge in [0.15, 0.2) is 0 Å². The van der Waals surface area contributed by atoms with Crippen molar-refractivity contribution in [2.75, 3.05) is 32.1 Å². The third-order valence-electron chi connectivity index (χ3n) is 3.96. The molecular formula is C16H24N2O3. The topological polar surface area (TPSA) is 61.8 Å². The number of rotatable bonds is 7. The lowest BCUT2D eigenvalue weighted by atomic mass is 10.2. The number of nitrogens with zero attached hydrogens (tertiary/aromatic N) is 1. The maximum absolute atomic E-state index is 12.2. The monoisotopic (exact) mass is 292 g/mol. The summed E-state index contributed by atoms with van der Waals surface area (Å²) in [5.41, 5.74) is 0.681. The standard InChI is InChI=1S/C16H24N2O3/c1-21-15-9-5-4-8-14(15)17-16(20)12-18(10-11-19)13-6-2-3-7-13/h4-5,8-9,13,19H,2-3,6-7,10-12H2,1H3,(H,17,20). The van der Waals surface area contributed by atoms with E-state index < -0.39 is 0 Å². The Kier molecular flexibility index (Phi) is 6.02. The summed E-state index contributed by atoms with van der Waals surface area (Å²) in [6.45, 7) is 0.936.